The molecule has 30 heavy (non-hydrogen) atoms. The van der Waals surface area contributed by atoms with Crippen molar-refractivity contribution in [3.63, 3.8) is 0 Å². The number of hydrogen-bond acceptors (Lipinski definition) is 7. The highest BCUT2D eigenvalue weighted by Crippen LogP contribution is 2.43. The lowest BCUT2D eigenvalue weighted by Gasteiger charge is -2.19. The lowest BCUT2D eigenvalue weighted by atomic mass is 10.1. The number of hydrogen-bond donors (Lipinski definition) is 2. The molecule has 0 heterocycles. The molecule has 0 fully saturated rings. The summed E-state index contributed by atoms with van der Waals surface area (Å²) in [5.41, 5.74) is 5.22. The van der Waals surface area contributed by atoms with E-state index in [0.29, 0.717) is 6.61 Å². The van der Waals surface area contributed by atoms with Crippen molar-refractivity contribution in [3.8, 4) is 0 Å². The van der Waals surface area contributed by atoms with E-state index in [4.69, 9.17) is 19.7 Å². The molecule has 0 saturated carbocycles. The first-order valence-electron chi connectivity index (χ1n) is 11.5. The van der Waals surface area contributed by atoms with Crippen LogP contribution in [0, 0.1) is 0 Å². The van der Waals surface area contributed by atoms with Gasteiger partial charge in [-0.3, -0.25) is 13.8 Å². The Kier molecular flexibility index (Phi) is 20.1. The summed E-state index contributed by atoms with van der Waals surface area (Å²) in [4.78, 5) is 20.7. The molecule has 0 amide bonds. The second-order valence-electron chi connectivity index (χ2n) is 7.58. The van der Waals surface area contributed by atoms with Gasteiger partial charge in [0.2, 0.25) is 0 Å². The maximum Gasteiger partial charge on any atom is 0.472 e. The minimum atomic E-state index is -4.21. The summed E-state index contributed by atoms with van der Waals surface area (Å²) in [5, 5.41) is 0. The van der Waals surface area contributed by atoms with Crippen molar-refractivity contribution >= 4 is 13.8 Å². The number of esters is 1. The second kappa shape index (κ2) is 20.4. The summed E-state index contributed by atoms with van der Waals surface area (Å²) >= 11 is 0. The van der Waals surface area contributed by atoms with Crippen LogP contribution in [0.25, 0.3) is 0 Å². The van der Waals surface area contributed by atoms with Crippen molar-refractivity contribution in [1.82, 2.24) is 0 Å². The monoisotopic (exact) mass is 453 g/mol. The van der Waals surface area contributed by atoms with Crippen LogP contribution < -0.4 is 5.73 Å². The quantitative estimate of drug-likeness (QED) is 0.137. The fourth-order valence-corrected chi connectivity index (χ4v) is 3.76. The molecular formula is C21H44NO7P. The second-order valence-corrected chi connectivity index (χ2v) is 9.04. The van der Waals surface area contributed by atoms with E-state index in [0.717, 1.165) is 12.8 Å². The van der Waals surface area contributed by atoms with Crippen LogP contribution in [-0.4, -0.2) is 49.9 Å². The van der Waals surface area contributed by atoms with Gasteiger partial charge in [-0.25, -0.2) is 4.57 Å². The molecule has 0 spiro atoms. The third-order valence-corrected chi connectivity index (χ3v) is 5.56. The fourth-order valence-electron chi connectivity index (χ4n) is 2.99. The fraction of sp³-hybridized carbons (Fsp3) is 0.952. The Morgan fingerprint density at radius 1 is 0.867 bits per heavy atom. The first-order valence-corrected chi connectivity index (χ1v) is 13.0. The molecule has 0 aliphatic rings. The van der Waals surface area contributed by atoms with E-state index in [9.17, 15) is 14.3 Å². The normalized spacial score (nSPS) is 14.4. The Bertz CT molecular complexity index is 451. The topological polar surface area (TPSA) is 117 Å². The smallest absolute Gasteiger partial charge is 0.458 e. The molecule has 0 radical (unpaired) electrons. The van der Waals surface area contributed by atoms with Crippen LogP contribution in [0.2, 0.25) is 0 Å². The van der Waals surface area contributed by atoms with Crippen LogP contribution in [0.5, 0.6) is 0 Å². The Morgan fingerprint density at radius 3 is 1.90 bits per heavy atom. The summed E-state index contributed by atoms with van der Waals surface area (Å²) in [5.74, 6) is -0.506. The highest BCUT2D eigenvalue weighted by Gasteiger charge is 2.24. The Balaban J connectivity index is 3.70. The van der Waals surface area contributed by atoms with Gasteiger partial charge in [0, 0.05) is 20.1 Å². The Hall–Kier alpha value is -0.500. The summed E-state index contributed by atoms with van der Waals surface area (Å²) in [7, 11) is -4.21. The zero-order valence-corrected chi connectivity index (χ0v) is 19.9. The van der Waals surface area contributed by atoms with E-state index in [1.807, 2.05) is 0 Å². The number of carbonyl (C=O) groups excluding carboxylic acids is 1. The first kappa shape index (κ1) is 29.5. The lowest BCUT2D eigenvalue weighted by Crippen LogP contribution is -2.27. The zero-order chi connectivity index (χ0) is 22.5. The molecule has 0 rings (SSSR count). The number of phosphoric ester groups is 1. The van der Waals surface area contributed by atoms with E-state index < -0.39 is 19.9 Å². The van der Waals surface area contributed by atoms with E-state index in [2.05, 4.69) is 11.4 Å². The highest BCUT2D eigenvalue weighted by molar-refractivity contribution is 7.47. The Labute approximate surface area is 182 Å². The third kappa shape index (κ3) is 20.8. The van der Waals surface area contributed by atoms with Gasteiger partial charge in [0.15, 0.2) is 0 Å². The number of unbranched alkanes of at least 4 members (excludes halogenated alkanes) is 11. The van der Waals surface area contributed by atoms with Crippen LogP contribution in [0.1, 0.15) is 90.9 Å². The van der Waals surface area contributed by atoms with Gasteiger partial charge < -0.3 is 20.1 Å². The largest absolute Gasteiger partial charge is 0.472 e. The van der Waals surface area contributed by atoms with Gasteiger partial charge in [-0.2, -0.15) is 0 Å². The number of carbonyl (C=O) groups is 1. The molecule has 0 aliphatic heterocycles. The first-order chi connectivity index (χ1) is 14.4. The van der Waals surface area contributed by atoms with Gasteiger partial charge in [-0.15, -0.1) is 0 Å². The van der Waals surface area contributed by atoms with Crippen LogP contribution >= 0.6 is 7.82 Å². The van der Waals surface area contributed by atoms with Gasteiger partial charge in [0.05, 0.1) is 19.8 Å². The molecule has 3 N–H and O–H groups in total. The Morgan fingerprint density at radius 2 is 1.40 bits per heavy atom. The number of ether oxygens (including phenoxy) is 2. The van der Waals surface area contributed by atoms with Gasteiger partial charge in [0.1, 0.15) is 6.10 Å². The maximum atomic E-state index is 11.6. The van der Waals surface area contributed by atoms with Crippen molar-refractivity contribution < 1.29 is 32.8 Å². The molecule has 0 aliphatic carbocycles. The standard InChI is InChI=1S/C21H44NO7P/c1-3-4-5-6-7-8-9-10-11-12-13-14-16-26-18-21(29-20(2)23)19-28-30(24,25)27-17-15-22/h21H,3-19,22H2,1-2H3,(H,24,25)/t21-/m1/s1. The molecule has 2 atom stereocenters. The molecule has 0 aromatic carbocycles. The SMILES string of the molecule is CCCCCCCCCCCCCCOC[C@H](COP(=O)(O)OCCN)OC(C)=O. The lowest BCUT2D eigenvalue weighted by molar-refractivity contribution is -0.151. The van der Waals surface area contributed by atoms with Crippen LogP contribution in [0.3, 0.4) is 0 Å². The summed E-state index contributed by atoms with van der Waals surface area (Å²) in [6.07, 6.45) is 14.5. The molecule has 0 saturated heterocycles. The van der Waals surface area contributed by atoms with Gasteiger partial charge >= 0.3 is 13.8 Å². The number of nitrogens with two attached hydrogens (primary N) is 1. The summed E-state index contributed by atoms with van der Waals surface area (Å²) < 4.78 is 31.7. The number of rotatable bonds is 22. The average Bonchev–Trinajstić information content (AvgIpc) is 2.70. The van der Waals surface area contributed by atoms with E-state index >= 15 is 0 Å². The molecule has 180 valence electrons. The molecule has 0 aromatic heterocycles. The average molecular weight is 454 g/mol. The van der Waals surface area contributed by atoms with E-state index in [1.54, 1.807) is 0 Å². The minimum absolute atomic E-state index is 0.0958. The van der Waals surface area contributed by atoms with Crippen LogP contribution in [0.15, 0.2) is 0 Å². The van der Waals surface area contributed by atoms with Crippen molar-refractivity contribution in [2.45, 2.75) is 97.0 Å². The third-order valence-electron chi connectivity index (χ3n) is 4.57. The van der Waals surface area contributed by atoms with Gasteiger partial charge in [-0.05, 0) is 6.42 Å². The van der Waals surface area contributed by atoms with E-state index in [-0.39, 0.29) is 26.4 Å². The molecule has 8 nitrogen and oxygen atoms in total. The van der Waals surface area contributed by atoms with E-state index in [1.165, 1.54) is 71.1 Å². The van der Waals surface area contributed by atoms with Gasteiger partial charge in [-0.1, -0.05) is 77.6 Å². The van der Waals surface area contributed by atoms with Gasteiger partial charge in [0.25, 0.3) is 0 Å². The van der Waals surface area contributed by atoms with Crippen LogP contribution in [0.4, 0.5) is 0 Å². The van der Waals surface area contributed by atoms with Crippen LogP contribution in [-0.2, 0) is 27.9 Å². The maximum absolute atomic E-state index is 11.6. The highest BCUT2D eigenvalue weighted by atomic mass is 31.2. The summed E-state index contributed by atoms with van der Waals surface area (Å²) in [6.45, 7) is 3.89. The molecule has 0 bridgehead atoms. The predicted molar refractivity (Wildman–Crippen MR) is 118 cm³/mol. The summed E-state index contributed by atoms with van der Waals surface area (Å²) in [6, 6.07) is 0. The predicted octanol–water partition coefficient (Wildman–Crippen LogP) is 4.73. The minimum Gasteiger partial charge on any atom is -0.458 e. The van der Waals surface area contributed by atoms with Crippen molar-refractivity contribution in [2.75, 3.05) is 33.0 Å². The molecular weight excluding hydrogens is 409 g/mol. The van der Waals surface area contributed by atoms with Crippen molar-refractivity contribution in [1.29, 1.82) is 0 Å². The van der Waals surface area contributed by atoms with Crippen molar-refractivity contribution in [2.24, 2.45) is 5.73 Å². The molecule has 1 unspecified atom stereocenters. The van der Waals surface area contributed by atoms with Crippen molar-refractivity contribution in [3.05, 3.63) is 0 Å². The molecule has 9 heteroatoms. The zero-order valence-electron chi connectivity index (χ0n) is 19.0. The molecule has 0 aromatic rings. The number of phosphoric acid groups is 1.